The van der Waals surface area contributed by atoms with E-state index in [1.807, 2.05) is 6.92 Å². The number of amides is 1. The van der Waals surface area contributed by atoms with Crippen molar-refractivity contribution in [2.75, 3.05) is 6.61 Å². The summed E-state index contributed by atoms with van der Waals surface area (Å²) in [5.41, 5.74) is 0.0925. The lowest BCUT2D eigenvalue weighted by atomic mass is 10.1. The minimum atomic E-state index is -0.651. The molecule has 1 aromatic heterocycles. The molecule has 0 radical (unpaired) electrons. The van der Waals surface area contributed by atoms with Crippen LogP contribution in [0.2, 0.25) is 0 Å². The second-order valence-corrected chi connectivity index (χ2v) is 4.16. The highest BCUT2D eigenvalue weighted by molar-refractivity contribution is 5.92. The summed E-state index contributed by atoms with van der Waals surface area (Å²) in [6, 6.07) is 4.07. The van der Waals surface area contributed by atoms with Gasteiger partial charge in [-0.25, -0.2) is 4.98 Å². The molecule has 1 N–H and O–H groups in total. The fraction of sp³-hybridized carbons (Fsp3) is 0.500. The Hall–Kier alpha value is -1.49. The van der Waals surface area contributed by atoms with E-state index in [1.54, 1.807) is 0 Å². The average molecular weight is 238 g/mol. The lowest BCUT2D eigenvalue weighted by Gasteiger charge is -2.19. The van der Waals surface area contributed by atoms with Gasteiger partial charge >= 0.3 is 0 Å². The van der Waals surface area contributed by atoms with Crippen LogP contribution in [0.1, 0.15) is 30.3 Å². The summed E-state index contributed by atoms with van der Waals surface area (Å²) in [6.45, 7) is 2.62. The highest BCUT2D eigenvalue weighted by Gasteiger charge is 2.24. The van der Waals surface area contributed by atoms with Crippen LogP contribution in [0.3, 0.4) is 0 Å². The van der Waals surface area contributed by atoms with Crippen molar-refractivity contribution in [3.63, 3.8) is 0 Å². The van der Waals surface area contributed by atoms with Crippen LogP contribution in [0.4, 0.5) is 4.39 Å². The molecule has 0 aromatic carbocycles. The zero-order valence-corrected chi connectivity index (χ0v) is 9.65. The quantitative estimate of drug-likeness (QED) is 0.812. The summed E-state index contributed by atoms with van der Waals surface area (Å²) < 4.78 is 18.3. The zero-order valence-electron chi connectivity index (χ0n) is 9.65. The number of halogens is 1. The van der Waals surface area contributed by atoms with Gasteiger partial charge in [-0.05, 0) is 31.9 Å². The maximum Gasteiger partial charge on any atom is 0.270 e. The Morgan fingerprint density at radius 2 is 2.47 bits per heavy atom. The van der Waals surface area contributed by atoms with Crippen LogP contribution in [0, 0.1) is 5.95 Å². The standard InChI is InChI=1S/C12H15FN2O2/c1-8(10-5-3-7-17-10)14-12(16)9-4-2-6-11(13)15-9/h2,4,6,8,10H,3,5,7H2,1H3,(H,14,16). The monoisotopic (exact) mass is 238 g/mol. The SMILES string of the molecule is CC(NC(=O)c1cccc(F)n1)C1CCCO1. The normalized spacial score (nSPS) is 21.2. The van der Waals surface area contributed by atoms with Crippen LogP contribution in [0.25, 0.3) is 0 Å². The Bertz CT molecular complexity index is 405. The van der Waals surface area contributed by atoms with E-state index in [-0.39, 0.29) is 23.7 Å². The van der Waals surface area contributed by atoms with Crippen molar-refractivity contribution in [2.24, 2.45) is 0 Å². The first-order chi connectivity index (χ1) is 8.16. The molecule has 0 spiro atoms. The minimum Gasteiger partial charge on any atom is -0.376 e. The molecule has 2 atom stereocenters. The number of rotatable bonds is 3. The third-order valence-corrected chi connectivity index (χ3v) is 2.83. The van der Waals surface area contributed by atoms with Crippen molar-refractivity contribution in [3.05, 3.63) is 29.8 Å². The topological polar surface area (TPSA) is 51.2 Å². The van der Waals surface area contributed by atoms with Gasteiger partial charge in [-0.2, -0.15) is 4.39 Å². The van der Waals surface area contributed by atoms with Gasteiger partial charge in [-0.15, -0.1) is 0 Å². The molecule has 2 unspecified atom stereocenters. The molecular weight excluding hydrogens is 223 g/mol. The van der Waals surface area contributed by atoms with Crippen molar-refractivity contribution in [2.45, 2.75) is 31.9 Å². The van der Waals surface area contributed by atoms with Gasteiger partial charge in [0.15, 0.2) is 0 Å². The van der Waals surface area contributed by atoms with E-state index in [0.29, 0.717) is 0 Å². The summed E-state index contributed by atoms with van der Waals surface area (Å²) in [5, 5.41) is 2.77. The Kier molecular flexibility index (Phi) is 3.68. The third-order valence-electron chi connectivity index (χ3n) is 2.83. The van der Waals surface area contributed by atoms with Crippen LogP contribution in [0.5, 0.6) is 0 Å². The highest BCUT2D eigenvalue weighted by Crippen LogP contribution is 2.15. The number of pyridine rings is 1. The predicted octanol–water partition coefficient (Wildman–Crippen LogP) is 1.52. The minimum absolute atomic E-state index is 0.0486. The fourth-order valence-electron chi connectivity index (χ4n) is 1.91. The van der Waals surface area contributed by atoms with E-state index in [0.717, 1.165) is 19.4 Å². The van der Waals surface area contributed by atoms with Crippen LogP contribution >= 0.6 is 0 Å². The van der Waals surface area contributed by atoms with E-state index in [9.17, 15) is 9.18 Å². The van der Waals surface area contributed by atoms with E-state index in [4.69, 9.17) is 4.74 Å². The molecule has 1 saturated heterocycles. The molecule has 2 rings (SSSR count). The van der Waals surface area contributed by atoms with E-state index < -0.39 is 5.95 Å². The van der Waals surface area contributed by atoms with Crippen molar-refractivity contribution in [1.82, 2.24) is 10.3 Å². The van der Waals surface area contributed by atoms with Crippen LogP contribution in [-0.4, -0.2) is 29.6 Å². The Labute approximate surface area is 99.2 Å². The molecule has 4 nitrogen and oxygen atoms in total. The summed E-state index contributed by atoms with van der Waals surface area (Å²) in [6.07, 6.45) is 2.01. The summed E-state index contributed by atoms with van der Waals surface area (Å²) in [4.78, 5) is 15.3. The van der Waals surface area contributed by atoms with Gasteiger partial charge in [0, 0.05) is 6.61 Å². The number of carbonyl (C=O) groups excluding carboxylic acids is 1. The molecule has 0 saturated carbocycles. The van der Waals surface area contributed by atoms with E-state index in [2.05, 4.69) is 10.3 Å². The third kappa shape index (κ3) is 3.00. The van der Waals surface area contributed by atoms with Gasteiger partial charge < -0.3 is 10.1 Å². The number of ether oxygens (including phenoxy) is 1. The fourth-order valence-corrected chi connectivity index (χ4v) is 1.91. The van der Waals surface area contributed by atoms with Gasteiger partial charge in [-0.3, -0.25) is 4.79 Å². The Balaban J connectivity index is 1.96. The number of hydrogen-bond acceptors (Lipinski definition) is 3. The van der Waals surface area contributed by atoms with E-state index in [1.165, 1.54) is 18.2 Å². The van der Waals surface area contributed by atoms with Crippen molar-refractivity contribution in [1.29, 1.82) is 0 Å². The van der Waals surface area contributed by atoms with Crippen molar-refractivity contribution >= 4 is 5.91 Å². The first kappa shape index (κ1) is 12.0. The van der Waals surface area contributed by atoms with Crippen LogP contribution in [0.15, 0.2) is 18.2 Å². The molecule has 1 aromatic rings. The molecule has 1 aliphatic heterocycles. The van der Waals surface area contributed by atoms with Gasteiger partial charge in [0.05, 0.1) is 12.1 Å². The second-order valence-electron chi connectivity index (χ2n) is 4.16. The van der Waals surface area contributed by atoms with Crippen molar-refractivity contribution < 1.29 is 13.9 Å². The molecule has 17 heavy (non-hydrogen) atoms. The van der Waals surface area contributed by atoms with E-state index >= 15 is 0 Å². The molecule has 1 fully saturated rings. The van der Waals surface area contributed by atoms with Gasteiger partial charge in [0.25, 0.3) is 5.91 Å². The molecule has 0 aliphatic carbocycles. The van der Waals surface area contributed by atoms with Gasteiger partial charge in [0.1, 0.15) is 5.69 Å². The number of carbonyl (C=O) groups is 1. The maximum absolute atomic E-state index is 12.9. The highest BCUT2D eigenvalue weighted by atomic mass is 19.1. The number of nitrogens with zero attached hydrogens (tertiary/aromatic N) is 1. The Morgan fingerprint density at radius 3 is 3.12 bits per heavy atom. The second kappa shape index (κ2) is 5.23. The van der Waals surface area contributed by atoms with Gasteiger partial charge in [-0.1, -0.05) is 6.07 Å². The molecule has 2 heterocycles. The summed E-state index contributed by atoms with van der Waals surface area (Å²) in [7, 11) is 0. The first-order valence-electron chi connectivity index (χ1n) is 5.72. The lowest BCUT2D eigenvalue weighted by Crippen LogP contribution is -2.41. The van der Waals surface area contributed by atoms with Crippen LogP contribution in [-0.2, 0) is 4.74 Å². The van der Waals surface area contributed by atoms with Crippen LogP contribution < -0.4 is 5.32 Å². The number of aromatic nitrogens is 1. The lowest BCUT2D eigenvalue weighted by molar-refractivity contribution is 0.0709. The predicted molar refractivity (Wildman–Crippen MR) is 60.1 cm³/mol. The smallest absolute Gasteiger partial charge is 0.270 e. The Morgan fingerprint density at radius 1 is 1.65 bits per heavy atom. The maximum atomic E-state index is 12.9. The molecule has 1 aliphatic rings. The number of hydrogen-bond donors (Lipinski definition) is 1. The first-order valence-corrected chi connectivity index (χ1v) is 5.72. The molecule has 1 amide bonds. The summed E-state index contributed by atoms with van der Waals surface area (Å²) >= 11 is 0. The molecule has 5 heteroatoms. The molecule has 92 valence electrons. The summed E-state index contributed by atoms with van der Waals surface area (Å²) in [5.74, 6) is -1.02. The number of nitrogens with one attached hydrogen (secondary N) is 1. The average Bonchev–Trinajstić information content (AvgIpc) is 2.82. The van der Waals surface area contributed by atoms with Crippen molar-refractivity contribution in [3.8, 4) is 0 Å². The zero-order chi connectivity index (χ0) is 12.3. The molecule has 0 bridgehead atoms. The molecular formula is C12H15FN2O2. The van der Waals surface area contributed by atoms with Gasteiger partial charge in [0.2, 0.25) is 5.95 Å². The largest absolute Gasteiger partial charge is 0.376 e.